The smallest absolute Gasteiger partial charge is 0.0385 e. The van der Waals surface area contributed by atoms with Crippen molar-refractivity contribution in [3.05, 3.63) is 108 Å². The fraction of sp³-hybridized carbons (Fsp3) is 0.200. The van der Waals surface area contributed by atoms with Gasteiger partial charge in [-0.05, 0) is 65.5 Å². The van der Waals surface area contributed by atoms with Crippen LogP contribution in [0.15, 0.2) is 74.9 Å². The van der Waals surface area contributed by atoms with Crippen LogP contribution in [0.25, 0.3) is 0 Å². The van der Waals surface area contributed by atoms with E-state index in [0.717, 1.165) is 65.7 Å². The van der Waals surface area contributed by atoms with Crippen molar-refractivity contribution in [2.45, 2.75) is 32.1 Å². The summed E-state index contributed by atoms with van der Waals surface area (Å²) in [4.78, 5) is 0. The maximum atomic E-state index is 6.33. The molecule has 27 heavy (non-hydrogen) atoms. The quantitative estimate of drug-likeness (QED) is 0.444. The molecule has 2 aromatic carbocycles. The predicted molar refractivity (Wildman–Crippen MR) is 120 cm³/mol. The minimum absolute atomic E-state index is 0.759. The SMILES string of the molecule is C=CCc1cc(Cc2cc(CC=C)c(N)c(CC=C)c2)cc(CC=C)c1N. The highest BCUT2D eigenvalue weighted by Gasteiger charge is 2.10. The van der Waals surface area contributed by atoms with E-state index in [1.165, 1.54) is 11.1 Å². The van der Waals surface area contributed by atoms with E-state index in [0.29, 0.717) is 0 Å². The van der Waals surface area contributed by atoms with Crippen molar-refractivity contribution in [2.24, 2.45) is 0 Å². The number of nitrogens with two attached hydrogens (primary N) is 2. The van der Waals surface area contributed by atoms with Crippen LogP contribution in [-0.2, 0) is 32.1 Å². The molecule has 0 bridgehead atoms. The molecule has 2 heteroatoms. The summed E-state index contributed by atoms with van der Waals surface area (Å²) in [6.07, 6.45) is 11.4. The lowest BCUT2D eigenvalue weighted by Gasteiger charge is -2.15. The minimum Gasteiger partial charge on any atom is -0.398 e. The Labute approximate surface area is 163 Å². The van der Waals surface area contributed by atoms with Gasteiger partial charge in [-0.25, -0.2) is 0 Å². The lowest BCUT2D eigenvalue weighted by molar-refractivity contribution is 1.10. The molecular weight excluding hydrogens is 328 g/mol. The molecule has 0 heterocycles. The van der Waals surface area contributed by atoms with Crippen LogP contribution in [0.4, 0.5) is 11.4 Å². The van der Waals surface area contributed by atoms with Crippen molar-refractivity contribution in [2.75, 3.05) is 11.5 Å². The Morgan fingerprint density at radius 2 is 0.815 bits per heavy atom. The highest BCUT2D eigenvalue weighted by Crippen LogP contribution is 2.27. The molecule has 140 valence electrons. The molecule has 0 saturated carbocycles. The van der Waals surface area contributed by atoms with Crippen LogP contribution >= 0.6 is 0 Å². The Balaban J connectivity index is 2.48. The summed E-state index contributed by atoms with van der Waals surface area (Å²) in [6.45, 7) is 15.4. The van der Waals surface area contributed by atoms with Crippen molar-refractivity contribution >= 4 is 11.4 Å². The molecule has 2 nitrogen and oxygen atoms in total. The van der Waals surface area contributed by atoms with Crippen LogP contribution in [0.5, 0.6) is 0 Å². The molecule has 0 aliphatic rings. The van der Waals surface area contributed by atoms with Crippen molar-refractivity contribution < 1.29 is 0 Å². The number of allylic oxidation sites excluding steroid dienone is 4. The standard InChI is InChI=1S/C25H30N2/c1-5-9-20-14-18(15-21(10-6-2)24(20)26)13-19-16-22(11-7-3)25(27)23(17-19)12-8-4/h5-8,14-17H,1-4,9-13,26-27H2. The third-order valence-electron chi connectivity index (χ3n) is 4.69. The highest BCUT2D eigenvalue weighted by molar-refractivity contribution is 5.59. The van der Waals surface area contributed by atoms with Gasteiger partial charge in [-0.1, -0.05) is 48.6 Å². The predicted octanol–water partition coefficient (Wildman–Crippen LogP) is 5.36. The second kappa shape index (κ2) is 9.63. The summed E-state index contributed by atoms with van der Waals surface area (Å²) in [5.74, 6) is 0. The van der Waals surface area contributed by atoms with Crippen LogP contribution in [0.2, 0.25) is 0 Å². The van der Waals surface area contributed by atoms with E-state index in [9.17, 15) is 0 Å². The fourth-order valence-corrected chi connectivity index (χ4v) is 3.44. The van der Waals surface area contributed by atoms with Crippen molar-refractivity contribution in [1.29, 1.82) is 0 Å². The first-order valence-corrected chi connectivity index (χ1v) is 9.27. The van der Waals surface area contributed by atoms with Gasteiger partial charge >= 0.3 is 0 Å². The maximum Gasteiger partial charge on any atom is 0.0385 e. The van der Waals surface area contributed by atoms with Gasteiger partial charge in [0.2, 0.25) is 0 Å². The van der Waals surface area contributed by atoms with Gasteiger partial charge in [0.1, 0.15) is 0 Å². The van der Waals surface area contributed by atoms with E-state index in [2.05, 4.69) is 50.6 Å². The summed E-state index contributed by atoms with van der Waals surface area (Å²) >= 11 is 0. The molecule has 0 spiro atoms. The van der Waals surface area contributed by atoms with Crippen molar-refractivity contribution in [3.63, 3.8) is 0 Å². The Hall–Kier alpha value is -3.00. The average molecular weight is 359 g/mol. The number of hydrogen-bond acceptors (Lipinski definition) is 2. The van der Waals surface area contributed by atoms with Gasteiger partial charge in [-0.15, -0.1) is 26.3 Å². The summed E-state index contributed by atoms with van der Waals surface area (Å²) in [7, 11) is 0. The Kier molecular flexibility index (Phi) is 7.25. The lowest BCUT2D eigenvalue weighted by atomic mass is 9.92. The number of benzene rings is 2. The first-order valence-electron chi connectivity index (χ1n) is 9.27. The third kappa shape index (κ3) is 5.01. The Morgan fingerprint density at radius 3 is 1.04 bits per heavy atom. The lowest BCUT2D eigenvalue weighted by Crippen LogP contribution is -2.04. The monoisotopic (exact) mass is 358 g/mol. The molecule has 0 amide bonds. The number of nitrogen functional groups attached to an aromatic ring is 2. The zero-order chi connectivity index (χ0) is 19.8. The van der Waals surface area contributed by atoms with E-state index in [4.69, 9.17) is 11.5 Å². The molecule has 0 fully saturated rings. The molecule has 0 radical (unpaired) electrons. The van der Waals surface area contributed by atoms with Crippen LogP contribution < -0.4 is 11.5 Å². The van der Waals surface area contributed by atoms with Crippen molar-refractivity contribution in [3.8, 4) is 0 Å². The summed E-state index contributed by atoms with van der Waals surface area (Å²) in [6, 6.07) is 8.72. The molecule has 4 N–H and O–H groups in total. The maximum absolute atomic E-state index is 6.33. The van der Waals surface area contributed by atoms with E-state index < -0.39 is 0 Å². The van der Waals surface area contributed by atoms with Gasteiger partial charge in [0.25, 0.3) is 0 Å². The van der Waals surface area contributed by atoms with Gasteiger partial charge in [0.15, 0.2) is 0 Å². The molecule has 0 aliphatic heterocycles. The fourth-order valence-electron chi connectivity index (χ4n) is 3.44. The second-order valence-electron chi connectivity index (χ2n) is 6.80. The zero-order valence-corrected chi connectivity index (χ0v) is 16.1. The number of hydrogen-bond donors (Lipinski definition) is 2. The topological polar surface area (TPSA) is 52.0 Å². The van der Waals surface area contributed by atoms with Crippen molar-refractivity contribution in [1.82, 2.24) is 0 Å². The summed E-state index contributed by atoms with van der Waals surface area (Å²) in [5.41, 5.74) is 21.3. The number of rotatable bonds is 10. The highest BCUT2D eigenvalue weighted by atomic mass is 14.6. The van der Waals surface area contributed by atoms with E-state index in [1.807, 2.05) is 24.3 Å². The Morgan fingerprint density at radius 1 is 0.556 bits per heavy atom. The molecule has 0 unspecified atom stereocenters. The third-order valence-corrected chi connectivity index (χ3v) is 4.69. The molecule has 0 aromatic heterocycles. The Bertz CT molecular complexity index is 725. The largest absolute Gasteiger partial charge is 0.398 e. The van der Waals surface area contributed by atoms with Crippen LogP contribution in [0.3, 0.4) is 0 Å². The molecule has 2 aromatic rings. The van der Waals surface area contributed by atoms with Crippen LogP contribution in [0.1, 0.15) is 33.4 Å². The van der Waals surface area contributed by atoms with E-state index in [-0.39, 0.29) is 0 Å². The molecular formula is C25H30N2. The van der Waals surface area contributed by atoms with Crippen LogP contribution in [-0.4, -0.2) is 0 Å². The molecule has 0 atom stereocenters. The zero-order valence-electron chi connectivity index (χ0n) is 16.1. The van der Waals surface area contributed by atoms with E-state index >= 15 is 0 Å². The van der Waals surface area contributed by atoms with E-state index in [1.54, 1.807) is 0 Å². The van der Waals surface area contributed by atoms with Gasteiger partial charge in [0.05, 0.1) is 0 Å². The first-order chi connectivity index (χ1) is 13.0. The first kappa shape index (κ1) is 20.3. The summed E-state index contributed by atoms with van der Waals surface area (Å²) in [5, 5.41) is 0. The van der Waals surface area contributed by atoms with Gasteiger partial charge in [-0.2, -0.15) is 0 Å². The molecule has 2 rings (SSSR count). The molecule has 0 saturated heterocycles. The average Bonchev–Trinajstić information content (AvgIpc) is 2.63. The minimum atomic E-state index is 0.759. The summed E-state index contributed by atoms with van der Waals surface area (Å²) < 4.78 is 0. The van der Waals surface area contributed by atoms with Crippen LogP contribution in [0, 0.1) is 0 Å². The second-order valence-corrected chi connectivity index (χ2v) is 6.80. The molecule has 0 aliphatic carbocycles. The normalized spacial score (nSPS) is 10.4. The number of anilines is 2. The van der Waals surface area contributed by atoms with Gasteiger partial charge < -0.3 is 11.5 Å². The van der Waals surface area contributed by atoms with Gasteiger partial charge in [0, 0.05) is 11.4 Å². The van der Waals surface area contributed by atoms with Gasteiger partial charge in [-0.3, -0.25) is 0 Å².